The molecule has 0 bridgehead atoms. The van der Waals surface area contributed by atoms with Crippen LogP contribution in [0.4, 0.5) is 17.1 Å². The summed E-state index contributed by atoms with van der Waals surface area (Å²) in [4.78, 5) is 48.4. The van der Waals surface area contributed by atoms with Crippen molar-refractivity contribution in [3.05, 3.63) is 110 Å². The van der Waals surface area contributed by atoms with Gasteiger partial charge in [-0.05, 0) is 55.7 Å². The minimum atomic E-state index is -0.636. The molecule has 194 valence electrons. The number of anilines is 1. The Bertz CT molecular complexity index is 1460. The fraction of sp³-hybridized carbons (Fsp3) is 0.214. The zero-order valence-electron chi connectivity index (χ0n) is 21.0. The number of carbonyl (C=O) groups is 2. The van der Waals surface area contributed by atoms with E-state index in [-0.39, 0.29) is 30.1 Å². The molecule has 38 heavy (non-hydrogen) atoms. The maximum Gasteiger partial charge on any atom is 0.315 e. The van der Waals surface area contributed by atoms with E-state index in [9.17, 15) is 29.8 Å². The number of ether oxygens (including phenoxy) is 1. The highest BCUT2D eigenvalue weighted by atomic mass is 16.6. The molecule has 0 unspecified atom stereocenters. The molecule has 0 fully saturated rings. The van der Waals surface area contributed by atoms with E-state index in [4.69, 9.17) is 4.74 Å². The monoisotopic (exact) mass is 515 g/mol. The molecule has 0 radical (unpaired) electrons. The summed E-state index contributed by atoms with van der Waals surface area (Å²) in [7, 11) is 0. The van der Waals surface area contributed by atoms with E-state index < -0.39 is 21.4 Å². The number of hydrogen-bond acceptors (Lipinski definition) is 7. The lowest BCUT2D eigenvalue weighted by Crippen LogP contribution is -2.49. The minimum Gasteiger partial charge on any atom is -0.426 e. The Hall–Kier alpha value is -4.86. The van der Waals surface area contributed by atoms with E-state index in [1.807, 2.05) is 26.8 Å². The van der Waals surface area contributed by atoms with Crippen molar-refractivity contribution < 1.29 is 24.2 Å². The highest BCUT2D eigenvalue weighted by Gasteiger charge is 2.36. The molecule has 0 saturated heterocycles. The van der Waals surface area contributed by atoms with E-state index in [0.717, 1.165) is 11.1 Å². The van der Waals surface area contributed by atoms with Gasteiger partial charge in [-0.25, -0.2) is 0 Å². The molecule has 0 aliphatic carbocycles. The average Bonchev–Trinajstić information content (AvgIpc) is 2.84. The van der Waals surface area contributed by atoms with Gasteiger partial charge in [-0.2, -0.15) is 0 Å². The molecule has 10 heteroatoms. The SMILES string of the molecule is CC1=CC(C)(C)N(C(=O)Cc2ccc([N+](=O)[O-])cc2)c2ccc(OC(=O)Cc3ccc([N+](=O)[O-])cc3)cc21. The Morgan fingerprint density at radius 2 is 1.37 bits per heavy atom. The number of nitro groups is 2. The van der Waals surface area contributed by atoms with Gasteiger partial charge in [0, 0.05) is 29.8 Å². The zero-order chi connectivity index (χ0) is 27.6. The first-order valence-corrected chi connectivity index (χ1v) is 11.8. The van der Waals surface area contributed by atoms with Crippen LogP contribution in [0.1, 0.15) is 37.5 Å². The highest BCUT2D eigenvalue weighted by molar-refractivity contribution is 6.01. The second-order valence-electron chi connectivity index (χ2n) is 9.56. The van der Waals surface area contributed by atoms with Gasteiger partial charge in [0.05, 0.1) is 33.9 Å². The van der Waals surface area contributed by atoms with Crippen LogP contribution in [0.3, 0.4) is 0 Å². The number of benzene rings is 3. The quantitative estimate of drug-likeness (QED) is 0.177. The van der Waals surface area contributed by atoms with E-state index in [1.165, 1.54) is 36.4 Å². The summed E-state index contributed by atoms with van der Waals surface area (Å²) in [5.74, 6) is -0.398. The first kappa shape index (κ1) is 26.2. The minimum absolute atomic E-state index is 0.0425. The van der Waals surface area contributed by atoms with Crippen molar-refractivity contribution in [2.75, 3.05) is 4.90 Å². The number of allylic oxidation sites excluding steroid dienone is 1. The lowest BCUT2D eigenvalue weighted by Gasteiger charge is -2.41. The standard InChI is InChI=1S/C28H25N3O7/c1-18-17-28(2,3)29(26(32)14-19-4-8-21(9-5-19)30(34)35)25-13-12-23(16-24(18)25)38-27(33)15-20-6-10-22(11-7-20)31(36)37/h4-13,16-17H,14-15H2,1-3H3. The Balaban J connectivity index is 1.53. The molecule has 10 nitrogen and oxygen atoms in total. The van der Waals surface area contributed by atoms with Crippen molar-refractivity contribution in [2.24, 2.45) is 0 Å². The van der Waals surface area contributed by atoms with Gasteiger partial charge in [0.1, 0.15) is 5.75 Å². The number of non-ortho nitro benzene ring substituents is 2. The zero-order valence-corrected chi connectivity index (χ0v) is 21.0. The van der Waals surface area contributed by atoms with Gasteiger partial charge in [-0.15, -0.1) is 0 Å². The van der Waals surface area contributed by atoms with Gasteiger partial charge < -0.3 is 9.64 Å². The topological polar surface area (TPSA) is 133 Å². The molecule has 3 aromatic rings. The van der Waals surface area contributed by atoms with E-state index in [1.54, 1.807) is 35.2 Å². The van der Waals surface area contributed by atoms with Crippen molar-refractivity contribution in [3.8, 4) is 5.75 Å². The summed E-state index contributed by atoms with van der Waals surface area (Å²) in [6, 6.07) is 16.6. The Labute approximate surface area is 218 Å². The second-order valence-corrected chi connectivity index (χ2v) is 9.56. The van der Waals surface area contributed by atoms with Crippen molar-refractivity contribution in [3.63, 3.8) is 0 Å². The number of esters is 1. The molecular weight excluding hydrogens is 490 g/mol. The molecule has 0 aromatic heterocycles. The molecule has 1 heterocycles. The third-order valence-electron chi connectivity index (χ3n) is 6.26. The molecule has 1 aliphatic heterocycles. The van der Waals surface area contributed by atoms with Gasteiger partial charge in [-0.3, -0.25) is 29.8 Å². The average molecular weight is 516 g/mol. The van der Waals surface area contributed by atoms with Crippen LogP contribution in [0.15, 0.2) is 72.8 Å². The number of nitro benzene ring substituents is 2. The number of carbonyl (C=O) groups excluding carboxylic acids is 2. The summed E-state index contributed by atoms with van der Waals surface area (Å²) >= 11 is 0. The van der Waals surface area contributed by atoms with Crippen LogP contribution in [0, 0.1) is 20.2 Å². The normalized spacial score (nSPS) is 13.8. The Kier molecular flexibility index (Phi) is 7.07. The molecule has 4 rings (SSSR count). The molecular formula is C28H25N3O7. The van der Waals surface area contributed by atoms with E-state index in [2.05, 4.69) is 0 Å². The first-order chi connectivity index (χ1) is 17.9. The number of nitrogens with zero attached hydrogens (tertiary/aromatic N) is 3. The van der Waals surface area contributed by atoms with Crippen molar-refractivity contribution in [1.82, 2.24) is 0 Å². The van der Waals surface area contributed by atoms with Crippen molar-refractivity contribution in [2.45, 2.75) is 39.2 Å². The summed E-state index contributed by atoms with van der Waals surface area (Å²) in [6.07, 6.45) is 1.96. The lowest BCUT2D eigenvalue weighted by molar-refractivity contribution is -0.385. The summed E-state index contributed by atoms with van der Waals surface area (Å²) in [6.45, 7) is 5.76. The fourth-order valence-corrected chi connectivity index (χ4v) is 4.59. The Morgan fingerprint density at radius 1 is 0.842 bits per heavy atom. The van der Waals surface area contributed by atoms with Crippen LogP contribution in [0.25, 0.3) is 5.57 Å². The smallest absolute Gasteiger partial charge is 0.315 e. The number of rotatable bonds is 7. The molecule has 1 amide bonds. The molecule has 1 aliphatic rings. The largest absolute Gasteiger partial charge is 0.426 e. The second kappa shape index (κ2) is 10.3. The van der Waals surface area contributed by atoms with Gasteiger partial charge in [0.15, 0.2) is 0 Å². The predicted molar refractivity (Wildman–Crippen MR) is 141 cm³/mol. The van der Waals surface area contributed by atoms with Gasteiger partial charge >= 0.3 is 5.97 Å². The summed E-state index contributed by atoms with van der Waals surface area (Å²) in [5.41, 5.74) is 2.81. The maximum absolute atomic E-state index is 13.4. The molecule has 3 aromatic carbocycles. The van der Waals surface area contributed by atoms with Crippen LogP contribution in [0.5, 0.6) is 5.75 Å². The summed E-state index contributed by atoms with van der Waals surface area (Å²) < 4.78 is 5.53. The van der Waals surface area contributed by atoms with Gasteiger partial charge in [0.25, 0.3) is 11.4 Å². The van der Waals surface area contributed by atoms with Crippen LogP contribution in [0.2, 0.25) is 0 Å². The number of fused-ring (bicyclic) bond motifs is 1. The van der Waals surface area contributed by atoms with Gasteiger partial charge in [0.2, 0.25) is 5.91 Å². The maximum atomic E-state index is 13.4. The third-order valence-corrected chi connectivity index (χ3v) is 6.26. The molecule has 0 atom stereocenters. The lowest BCUT2D eigenvalue weighted by atomic mass is 9.88. The van der Waals surface area contributed by atoms with Crippen LogP contribution < -0.4 is 9.64 Å². The van der Waals surface area contributed by atoms with Crippen molar-refractivity contribution in [1.29, 1.82) is 0 Å². The molecule has 0 N–H and O–H groups in total. The fourth-order valence-electron chi connectivity index (χ4n) is 4.59. The first-order valence-electron chi connectivity index (χ1n) is 11.8. The molecule has 0 saturated carbocycles. The third kappa shape index (κ3) is 5.59. The Morgan fingerprint density at radius 3 is 1.89 bits per heavy atom. The molecule has 0 spiro atoms. The summed E-state index contributed by atoms with van der Waals surface area (Å²) in [5, 5.41) is 21.7. The van der Waals surface area contributed by atoms with Crippen LogP contribution >= 0.6 is 0 Å². The number of amides is 1. The highest BCUT2D eigenvalue weighted by Crippen LogP contribution is 2.41. The number of hydrogen-bond donors (Lipinski definition) is 0. The van der Waals surface area contributed by atoms with Crippen LogP contribution in [-0.2, 0) is 22.4 Å². The van der Waals surface area contributed by atoms with Gasteiger partial charge in [-0.1, -0.05) is 30.3 Å². The predicted octanol–water partition coefficient (Wildman–Crippen LogP) is 5.42. The van der Waals surface area contributed by atoms with E-state index in [0.29, 0.717) is 22.6 Å². The van der Waals surface area contributed by atoms with E-state index >= 15 is 0 Å². The van der Waals surface area contributed by atoms with Crippen molar-refractivity contribution >= 4 is 34.5 Å². The van der Waals surface area contributed by atoms with Crippen LogP contribution in [-0.4, -0.2) is 27.3 Å².